The summed E-state index contributed by atoms with van der Waals surface area (Å²) in [5.74, 6) is 0. The highest BCUT2D eigenvalue weighted by Gasteiger charge is 2.53. The Balaban J connectivity index is 1.82. The molecule has 0 aromatic heterocycles. The maximum atomic E-state index is 11.4. The van der Waals surface area contributed by atoms with Crippen LogP contribution in [0.4, 0.5) is 0 Å². The molecular formula is C24H46N2O14. The van der Waals surface area contributed by atoms with E-state index in [1.807, 2.05) is 13.8 Å². The second kappa shape index (κ2) is 15.7. The molecule has 0 aromatic rings. The predicted molar refractivity (Wildman–Crippen MR) is 133 cm³/mol. The second-order valence-electron chi connectivity index (χ2n) is 10.3. The topological polar surface area (TPSA) is 252 Å². The first-order chi connectivity index (χ1) is 19.1. The Labute approximate surface area is 232 Å². The van der Waals surface area contributed by atoms with Gasteiger partial charge in [0.25, 0.3) is 0 Å². The van der Waals surface area contributed by atoms with Crippen molar-refractivity contribution in [1.29, 1.82) is 0 Å². The van der Waals surface area contributed by atoms with E-state index in [-0.39, 0.29) is 0 Å². The summed E-state index contributed by atoms with van der Waals surface area (Å²) in [5.41, 5.74) is 0. The average Bonchev–Trinajstić information content (AvgIpc) is 2.95. The number of aliphatic hydroxyl groups is 9. The van der Waals surface area contributed by atoms with E-state index in [0.29, 0.717) is 25.9 Å². The fourth-order valence-electron chi connectivity index (χ4n) is 5.13. The van der Waals surface area contributed by atoms with Crippen LogP contribution in [0.2, 0.25) is 0 Å². The van der Waals surface area contributed by atoms with Gasteiger partial charge in [-0.25, -0.2) is 0 Å². The van der Waals surface area contributed by atoms with Crippen molar-refractivity contribution in [2.24, 2.45) is 0 Å². The molecule has 236 valence electrons. The number of rotatable bonds is 13. The fourth-order valence-corrected chi connectivity index (χ4v) is 5.13. The van der Waals surface area contributed by atoms with Crippen LogP contribution in [-0.4, -0.2) is 171 Å². The molecule has 0 unspecified atom stereocenters. The minimum absolute atomic E-state index is 0.376. The zero-order valence-corrected chi connectivity index (χ0v) is 22.7. The number of hydrogen-bond acceptors (Lipinski definition) is 16. The number of aliphatic hydroxyl groups excluding tert-OH is 9. The Hall–Kier alpha value is -0.640. The van der Waals surface area contributed by atoms with Crippen LogP contribution >= 0.6 is 0 Å². The first-order valence-corrected chi connectivity index (χ1v) is 13.8. The van der Waals surface area contributed by atoms with E-state index in [4.69, 9.17) is 23.7 Å². The van der Waals surface area contributed by atoms with Gasteiger partial charge in [-0.2, -0.15) is 0 Å². The summed E-state index contributed by atoms with van der Waals surface area (Å²) in [6, 6.07) is -2.00. The van der Waals surface area contributed by atoms with Crippen molar-refractivity contribution in [2.75, 3.05) is 32.9 Å². The van der Waals surface area contributed by atoms with Gasteiger partial charge in [0.15, 0.2) is 18.9 Å². The largest absolute Gasteiger partial charge is 0.394 e. The highest BCUT2D eigenvalue weighted by atomic mass is 16.7. The SMILES string of the molecule is CCCN[C@H]1[C@H](O[C@H]2[C@@H](O)[C@H](O)[C@@H](CO)O[C@@H]2O)O[C@H](CO)[C@@H](O[C@@H]2O[C@H](CO)[C@H](O)[C@H](O)[C@H]2NCCC)[C@@H]1O. The molecule has 3 saturated heterocycles. The molecule has 11 N–H and O–H groups in total. The summed E-state index contributed by atoms with van der Waals surface area (Å²) in [7, 11) is 0. The summed E-state index contributed by atoms with van der Waals surface area (Å²) in [6.45, 7) is 2.64. The van der Waals surface area contributed by atoms with Gasteiger partial charge in [-0.05, 0) is 25.9 Å². The summed E-state index contributed by atoms with van der Waals surface area (Å²) in [6.07, 6.45) is -17.1. The van der Waals surface area contributed by atoms with Gasteiger partial charge >= 0.3 is 0 Å². The number of hydrogen-bond donors (Lipinski definition) is 11. The Kier molecular flexibility index (Phi) is 13.3. The van der Waals surface area contributed by atoms with E-state index in [1.165, 1.54) is 0 Å². The first kappa shape index (κ1) is 33.9. The lowest BCUT2D eigenvalue weighted by Crippen LogP contribution is -2.70. The van der Waals surface area contributed by atoms with Gasteiger partial charge < -0.3 is 80.3 Å². The second-order valence-corrected chi connectivity index (χ2v) is 10.3. The number of ether oxygens (including phenoxy) is 5. The van der Waals surface area contributed by atoms with Crippen LogP contribution in [0, 0.1) is 0 Å². The molecule has 0 spiro atoms. The summed E-state index contributed by atoms with van der Waals surface area (Å²) in [5, 5.41) is 98.8. The van der Waals surface area contributed by atoms with Crippen molar-refractivity contribution >= 4 is 0 Å². The van der Waals surface area contributed by atoms with E-state index in [2.05, 4.69) is 10.6 Å². The van der Waals surface area contributed by atoms with Crippen LogP contribution in [-0.2, 0) is 23.7 Å². The van der Waals surface area contributed by atoms with Crippen LogP contribution in [0.25, 0.3) is 0 Å². The minimum Gasteiger partial charge on any atom is -0.394 e. The Morgan fingerprint density at radius 1 is 0.550 bits per heavy atom. The molecule has 0 aromatic carbocycles. The smallest absolute Gasteiger partial charge is 0.184 e. The molecule has 16 heteroatoms. The molecule has 3 heterocycles. The number of nitrogens with one attached hydrogen (secondary N) is 2. The van der Waals surface area contributed by atoms with Gasteiger partial charge in [0, 0.05) is 0 Å². The Bertz CT molecular complexity index is 742. The molecule has 3 aliphatic rings. The first-order valence-electron chi connectivity index (χ1n) is 13.8. The lowest BCUT2D eigenvalue weighted by atomic mass is 9.94. The molecule has 0 bridgehead atoms. The fraction of sp³-hybridized carbons (Fsp3) is 1.00. The van der Waals surface area contributed by atoms with Gasteiger partial charge in [-0.15, -0.1) is 0 Å². The van der Waals surface area contributed by atoms with Crippen molar-refractivity contribution in [3.05, 3.63) is 0 Å². The van der Waals surface area contributed by atoms with Crippen molar-refractivity contribution in [3.63, 3.8) is 0 Å². The Morgan fingerprint density at radius 3 is 1.52 bits per heavy atom. The molecule has 0 radical (unpaired) electrons. The summed E-state index contributed by atoms with van der Waals surface area (Å²) < 4.78 is 28.6. The van der Waals surface area contributed by atoms with Gasteiger partial charge in [-0.3, -0.25) is 0 Å². The van der Waals surface area contributed by atoms with Crippen LogP contribution in [0.5, 0.6) is 0 Å². The van der Waals surface area contributed by atoms with Crippen molar-refractivity contribution < 1.29 is 69.6 Å². The van der Waals surface area contributed by atoms with Gasteiger partial charge in [0.1, 0.15) is 61.0 Å². The molecule has 0 saturated carbocycles. The van der Waals surface area contributed by atoms with Gasteiger partial charge in [0.05, 0.1) is 31.9 Å². The maximum Gasteiger partial charge on any atom is 0.184 e. The lowest BCUT2D eigenvalue weighted by molar-refractivity contribution is -0.363. The molecule has 15 atom stereocenters. The third-order valence-electron chi connectivity index (χ3n) is 7.42. The average molecular weight is 587 g/mol. The standard InChI is InChI=1S/C24H46N2O14/c1-3-5-25-13-17(32)15(30)11(8-28)37-23(13)39-20-12(9-29)38-24(14(18(20)33)26-6-4-2)40-21-19(34)16(31)10(7-27)36-22(21)35/h10-35H,3-9H2,1-2H3/t10-,11-,12-,13-,14-,15+,16-,17-,18-,19+,20-,21+,22+,23+,24+/m1/s1. The van der Waals surface area contributed by atoms with Gasteiger partial charge in [-0.1, -0.05) is 13.8 Å². The highest BCUT2D eigenvalue weighted by molar-refractivity contribution is 4.99. The van der Waals surface area contributed by atoms with E-state index >= 15 is 0 Å². The van der Waals surface area contributed by atoms with E-state index in [9.17, 15) is 46.0 Å². The quantitative estimate of drug-likeness (QED) is 0.0962. The molecule has 0 aliphatic carbocycles. The maximum absolute atomic E-state index is 11.4. The molecule has 0 amide bonds. The van der Waals surface area contributed by atoms with E-state index < -0.39 is 112 Å². The monoisotopic (exact) mass is 586 g/mol. The zero-order chi connectivity index (χ0) is 29.6. The van der Waals surface area contributed by atoms with Crippen LogP contribution in [0.1, 0.15) is 26.7 Å². The summed E-state index contributed by atoms with van der Waals surface area (Å²) in [4.78, 5) is 0. The van der Waals surface area contributed by atoms with Crippen molar-refractivity contribution in [3.8, 4) is 0 Å². The minimum atomic E-state index is -1.76. The zero-order valence-electron chi connectivity index (χ0n) is 22.7. The molecule has 3 rings (SSSR count). The van der Waals surface area contributed by atoms with Crippen molar-refractivity contribution in [1.82, 2.24) is 10.6 Å². The third-order valence-corrected chi connectivity index (χ3v) is 7.42. The van der Waals surface area contributed by atoms with Crippen LogP contribution in [0.3, 0.4) is 0 Å². The normalized spacial score (nSPS) is 46.4. The van der Waals surface area contributed by atoms with Crippen LogP contribution < -0.4 is 10.6 Å². The van der Waals surface area contributed by atoms with Gasteiger partial charge in [0.2, 0.25) is 0 Å². The lowest BCUT2D eigenvalue weighted by Gasteiger charge is -2.49. The molecule has 16 nitrogen and oxygen atoms in total. The van der Waals surface area contributed by atoms with Crippen LogP contribution in [0.15, 0.2) is 0 Å². The summed E-state index contributed by atoms with van der Waals surface area (Å²) >= 11 is 0. The highest BCUT2D eigenvalue weighted by Crippen LogP contribution is 2.32. The predicted octanol–water partition coefficient (Wildman–Crippen LogP) is -5.56. The third kappa shape index (κ3) is 7.46. The molecule has 40 heavy (non-hydrogen) atoms. The molecular weight excluding hydrogens is 540 g/mol. The molecule has 3 fully saturated rings. The van der Waals surface area contributed by atoms with E-state index in [1.54, 1.807) is 0 Å². The molecule has 3 aliphatic heterocycles. The van der Waals surface area contributed by atoms with E-state index in [0.717, 1.165) is 0 Å². The Morgan fingerprint density at radius 2 is 1.00 bits per heavy atom. The van der Waals surface area contributed by atoms with Crippen molar-refractivity contribution in [2.45, 2.75) is 119 Å².